The zero-order chi connectivity index (χ0) is 19.3. The average molecular weight is 375 g/mol. The summed E-state index contributed by atoms with van der Waals surface area (Å²) in [5.41, 5.74) is 2.34. The summed E-state index contributed by atoms with van der Waals surface area (Å²) in [6, 6.07) is 8.22. The van der Waals surface area contributed by atoms with Gasteiger partial charge in [0.05, 0.1) is 13.2 Å². The summed E-state index contributed by atoms with van der Waals surface area (Å²) >= 11 is 0. The van der Waals surface area contributed by atoms with Gasteiger partial charge in [0.1, 0.15) is 0 Å². The third-order valence-corrected chi connectivity index (χ3v) is 4.74. The van der Waals surface area contributed by atoms with Gasteiger partial charge in [-0.05, 0) is 37.3 Å². The molecule has 1 aromatic rings. The lowest BCUT2D eigenvalue weighted by Gasteiger charge is -2.20. The lowest BCUT2D eigenvalue weighted by atomic mass is 10.1. The second-order valence-corrected chi connectivity index (χ2v) is 6.87. The lowest BCUT2D eigenvalue weighted by Crippen LogP contribution is -2.39. The first-order valence-electron chi connectivity index (χ1n) is 10.1. The number of hydrogen-bond acceptors (Lipinski definition) is 3. The molecule has 6 nitrogen and oxygen atoms in total. The third-order valence-electron chi connectivity index (χ3n) is 4.74. The largest absolute Gasteiger partial charge is 0.380 e. The highest BCUT2D eigenvalue weighted by Gasteiger charge is 2.15. The fourth-order valence-electron chi connectivity index (χ4n) is 3.27. The summed E-state index contributed by atoms with van der Waals surface area (Å²) in [5.74, 6) is 1.12. The Morgan fingerprint density at radius 3 is 2.78 bits per heavy atom. The highest BCUT2D eigenvalue weighted by molar-refractivity contribution is 5.79. The van der Waals surface area contributed by atoms with E-state index in [1.165, 1.54) is 17.5 Å². The number of nitrogens with zero attached hydrogens (tertiary/aromatic N) is 2. The van der Waals surface area contributed by atoms with Crippen LogP contribution in [0.5, 0.6) is 0 Å². The maximum absolute atomic E-state index is 12.0. The van der Waals surface area contributed by atoms with Crippen molar-refractivity contribution in [3.8, 4) is 0 Å². The van der Waals surface area contributed by atoms with Gasteiger partial charge in [0.25, 0.3) is 0 Å². The van der Waals surface area contributed by atoms with Crippen LogP contribution in [0.4, 0.5) is 0 Å². The quantitative estimate of drug-likeness (QED) is 0.396. The van der Waals surface area contributed by atoms with Crippen molar-refractivity contribution in [2.75, 3.05) is 33.3 Å². The Labute approximate surface area is 163 Å². The van der Waals surface area contributed by atoms with Crippen molar-refractivity contribution < 1.29 is 9.53 Å². The number of rotatable bonds is 9. The Morgan fingerprint density at radius 1 is 1.19 bits per heavy atom. The smallest absolute Gasteiger partial charge is 0.222 e. The van der Waals surface area contributed by atoms with Gasteiger partial charge in [0.2, 0.25) is 5.91 Å². The number of benzene rings is 1. The molecule has 1 saturated heterocycles. The Morgan fingerprint density at radius 2 is 2.00 bits per heavy atom. The number of hydrogen-bond donors (Lipinski definition) is 2. The number of amides is 1. The van der Waals surface area contributed by atoms with Gasteiger partial charge in [-0.2, -0.15) is 0 Å². The van der Waals surface area contributed by atoms with Crippen LogP contribution in [-0.4, -0.2) is 50.1 Å². The number of carbonyl (C=O) groups excluding carboxylic acids is 1. The van der Waals surface area contributed by atoms with E-state index >= 15 is 0 Å². The van der Waals surface area contributed by atoms with Crippen molar-refractivity contribution >= 4 is 11.9 Å². The van der Waals surface area contributed by atoms with Crippen molar-refractivity contribution in [1.29, 1.82) is 0 Å². The molecule has 6 heteroatoms. The standard InChI is InChI=1S/C21H34N4O2/c1-3-22-21(24-16-18-10-6-7-11-19(18)17-27-2)23-13-9-15-25-14-8-4-5-12-20(25)26/h6-7,10-11H,3-5,8-9,12-17H2,1-2H3,(H2,22,23,24). The van der Waals surface area contributed by atoms with Crippen molar-refractivity contribution in [2.24, 2.45) is 4.99 Å². The summed E-state index contributed by atoms with van der Waals surface area (Å²) in [6.07, 6.45) is 4.97. The van der Waals surface area contributed by atoms with Crippen LogP contribution in [0, 0.1) is 0 Å². The topological polar surface area (TPSA) is 66.0 Å². The number of guanidine groups is 1. The molecule has 2 N–H and O–H groups in total. The van der Waals surface area contributed by atoms with Gasteiger partial charge in [-0.1, -0.05) is 30.7 Å². The molecule has 0 aromatic heterocycles. The first-order chi connectivity index (χ1) is 13.2. The second-order valence-electron chi connectivity index (χ2n) is 6.87. The summed E-state index contributed by atoms with van der Waals surface area (Å²) in [4.78, 5) is 18.8. The zero-order valence-electron chi connectivity index (χ0n) is 16.8. The van der Waals surface area contributed by atoms with E-state index in [0.717, 1.165) is 51.4 Å². The zero-order valence-corrected chi connectivity index (χ0v) is 16.8. The molecule has 1 heterocycles. The van der Waals surface area contributed by atoms with E-state index < -0.39 is 0 Å². The molecule has 0 atom stereocenters. The van der Waals surface area contributed by atoms with E-state index in [4.69, 9.17) is 9.73 Å². The Hall–Kier alpha value is -2.08. The van der Waals surface area contributed by atoms with E-state index in [1.807, 2.05) is 17.0 Å². The van der Waals surface area contributed by atoms with E-state index in [9.17, 15) is 4.79 Å². The third kappa shape index (κ3) is 7.59. The molecule has 1 fully saturated rings. The maximum atomic E-state index is 12.0. The molecular formula is C21H34N4O2. The van der Waals surface area contributed by atoms with Crippen LogP contribution in [-0.2, 0) is 22.7 Å². The Balaban J connectivity index is 1.82. The van der Waals surface area contributed by atoms with Gasteiger partial charge in [-0.3, -0.25) is 4.79 Å². The second kappa shape index (κ2) is 12.3. The number of aliphatic imine (C=N–C) groups is 1. The highest BCUT2D eigenvalue weighted by Crippen LogP contribution is 2.12. The van der Waals surface area contributed by atoms with E-state index in [1.54, 1.807) is 7.11 Å². The number of ether oxygens (including phenoxy) is 1. The van der Waals surface area contributed by atoms with Crippen LogP contribution in [0.15, 0.2) is 29.3 Å². The monoisotopic (exact) mass is 374 g/mol. The molecule has 0 unspecified atom stereocenters. The predicted molar refractivity (Wildman–Crippen MR) is 110 cm³/mol. The van der Waals surface area contributed by atoms with Gasteiger partial charge in [0.15, 0.2) is 5.96 Å². The molecular weight excluding hydrogens is 340 g/mol. The fraction of sp³-hybridized carbons (Fsp3) is 0.619. The number of nitrogens with one attached hydrogen (secondary N) is 2. The van der Waals surface area contributed by atoms with Gasteiger partial charge in [-0.25, -0.2) is 4.99 Å². The lowest BCUT2D eigenvalue weighted by molar-refractivity contribution is -0.130. The number of methoxy groups -OCH3 is 1. The summed E-state index contributed by atoms with van der Waals surface area (Å²) in [7, 11) is 1.71. The molecule has 1 aliphatic rings. The fourth-order valence-corrected chi connectivity index (χ4v) is 3.27. The molecule has 0 aliphatic carbocycles. The molecule has 0 radical (unpaired) electrons. The normalized spacial score (nSPS) is 15.6. The van der Waals surface area contributed by atoms with E-state index in [-0.39, 0.29) is 0 Å². The van der Waals surface area contributed by atoms with E-state index in [2.05, 4.69) is 29.7 Å². The summed E-state index contributed by atoms with van der Waals surface area (Å²) in [5, 5.41) is 6.67. The van der Waals surface area contributed by atoms with Gasteiger partial charge < -0.3 is 20.3 Å². The van der Waals surface area contributed by atoms with Crippen LogP contribution < -0.4 is 10.6 Å². The van der Waals surface area contributed by atoms with Crippen LogP contribution in [0.3, 0.4) is 0 Å². The SMILES string of the molecule is CCNC(=NCc1ccccc1COC)NCCCN1CCCCCC1=O. The molecule has 0 spiro atoms. The first-order valence-corrected chi connectivity index (χ1v) is 10.1. The minimum Gasteiger partial charge on any atom is -0.380 e. The van der Waals surface area contributed by atoms with Crippen molar-refractivity contribution in [3.05, 3.63) is 35.4 Å². The van der Waals surface area contributed by atoms with Gasteiger partial charge in [-0.15, -0.1) is 0 Å². The maximum Gasteiger partial charge on any atom is 0.222 e. The molecule has 1 aliphatic heterocycles. The minimum atomic E-state index is 0.308. The Bertz CT molecular complexity index is 604. The van der Waals surface area contributed by atoms with Crippen LogP contribution >= 0.6 is 0 Å². The molecule has 0 bridgehead atoms. The molecule has 2 rings (SSSR count). The number of likely N-dealkylation sites (tertiary alicyclic amines) is 1. The minimum absolute atomic E-state index is 0.308. The van der Waals surface area contributed by atoms with E-state index in [0.29, 0.717) is 25.5 Å². The average Bonchev–Trinajstić information content (AvgIpc) is 2.88. The van der Waals surface area contributed by atoms with Crippen molar-refractivity contribution in [1.82, 2.24) is 15.5 Å². The highest BCUT2D eigenvalue weighted by atomic mass is 16.5. The van der Waals surface area contributed by atoms with Crippen LogP contribution in [0.25, 0.3) is 0 Å². The number of carbonyl (C=O) groups is 1. The van der Waals surface area contributed by atoms with Crippen LogP contribution in [0.2, 0.25) is 0 Å². The Kier molecular flexibility index (Phi) is 9.69. The molecule has 27 heavy (non-hydrogen) atoms. The molecule has 1 amide bonds. The first kappa shape index (κ1) is 21.2. The molecule has 1 aromatic carbocycles. The van der Waals surface area contributed by atoms with Crippen molar-refractivity contribution in [2.45, 2.75) is 52.2 Å². The van der Waals surface area contributed by atoms with Crippen molar-refractivity contribution in [3.63, 3.8) is 0 Å². The summed E-state index contributed by atoms with van der Waals surface area (Å²) in [6.45, 7) is 6.61. The molecule has 150 valence electrons. The predicted octanol–water partition coefficient (Wildman–Crippen LogP) is 2.68. The summed E-state index contributed by atoms with van der Waals surface area (Å²) < 4.78 is 5.27. The van der Waals surface area contributed by atoms with Gasteiger partial charge >= 0.3 is 0 Å². The van der Waals surface area contributed by atoms with Crippen LogP contribution in [0.1, 0.15) is 50.2 Å². The molecule has 0 saturated carbocycles. The van der Waals surface area contributed by atoms with Gasteiger partial charge in [0, 0.05) is 39.7 Å².